The van der Waals surface area contributed by atoms with Gasteiger partial charge in [-0.1, -0.05) is 11.6 Å². The van der Waals surface area contributed by atoms with Gasteiger partial charge in [-0.05, 0) is 44.5 Å². The van der Waals surface area contributed by atoms with E-state index in [0.29, 0.717) is 16.7 Å². The first-order valence-corrected chi connectivity index (χ1v) is 7.54. The monoisotopic (exact) mass is 331 g/mol. The SMILES string of the molecule is CC(C)(C)NC(=O)c1cnccc1CC(=O)c1ccnc(Cl)c1. The highest BCUT2D eigenvalue weighted by Crippen LogP contribution is 2.15. The van der Waals surface area contributed by atoms with E-state index in [1.165, 1.54) is 18.5 Å². The molecule has 120 valence electrons. The number of nitrogens with one attached hydrogen (secondary N) is 1. The van der Waals surface area contributed by atoms with Crippen LogP contribution in [0, 0.1) is 0 Å². The van der Waals surface area contributed by atoms with E-state index < -0.39 is 0 Å². The molecule has 0 aliphatic heterocycles. The van der Waals surface area contributed by atoms with Gasteiger partial charge in [-0.3, -0.25) is 14.6 Å². The maximum Gasteiger partial charge on any atom is 0.253 e. The number of Topliss-reactive ketones (excluding diaryl/α,β-unsaturated/α-hetero) is 1. The van der Waals surface area contributed by atoms with Gasteiger partial charge in [0, 0.05) is 36.1 Å². The zero-order valence-corrected chi connectivity index (χ0v) is 14.0. The summed E-state index contributed by atoms with van der Waals surface area (Å²) in [4.78, 5) is 32.6. The van der Waals surface area contributed by atoms with E-state index in [9.17, 15) is 9.59 Å². The van der Waals surface area contributed by atoms with E-state index in [-0.39, 0.29) is 28.8 Å². The number of hydrogen-bond donors (Lipinski definition) is 1. The van der Waals surface area contributed by atoms with Gasteiger partial charge in [-0.2, -0.15) is 0 Å². The predicted octanol–water partition coefficient (Wildman–Crippen LogP) is 3.08. The summed E-state index contributed by atoms with van der Waals surface area (Å²) in [7, 11) is 0. The number of carbonyl (C=O) groups is 2. The number of carbonyl (C=O) groups excluding carboxylic acids is 2. The van der Waals surface area contributed by atoms with Crippen LogP contribution >= 0.6 is 11.6 Å². The Kier molecular flexibility index (Phi) is 5.11. The predicted molar refractivity (Wildman–Crippen MR) is 88.7 cm³/mol. The number of pyridine rings is 2. The van der Waals surface area contributed by atoms with Crippen molar-refractivity contribution in [1.82, 2.24) is 15.3 Å². The summed E-state index contributed by atoms with van der Waals surface area (Å²) in [5, 5.41) is 3.14. The summed E-state index contributed by atoms with van der Waals surface area (Å²) in [6.07, 6.45) is 4.62. The fraction of sp³-hybridized carbons (Fsp3) is 0.294. The lowest BCUT2D eigenvalue weighted by atomic mass is 9.99. The molecule has 2 rings (SSSR count). The van der Waals surface area contributed by atoms with Crippen molar-refractivity contribution in [3.8, 4) is 0 Å². The normalized spacial score (nSPS) is 11.1. The smallest absolute Gasteiger partial charge is 0.253 e. The Balaban J connectivity index is 2.24. The highest BCUT2D eigenvalue weighted by atomic mass is 35.5. The molecular formula is C17H18ClN3O2. The van der Waals surface area contributed by atoms with Gasteiger partial charge >= 0.3 is 0 Å². The second-order valence-electron chi connectivity index (χ2n) is 6.20. The maximum absolute atomic E-state index is 12.4. The van der Waals surface area contributed by atoms with E-state index >= 15 is 0 Å². The van der Waals surface area contributed by atoms with Crippen LogP contribution in [-0.4, -0.2) is 27.2 Å². The van der Waals surface area contributed by atoms with E-state index in [1.807, 2.05) is 20.8 Å². The minimum absolute atomic E-state index is 0.0930. The molecule has 2 aromatic rings. The highest BCUT2D eigenvalue weighted by Gasteiger charge is 2.19. The van der Waals surface area contributed by atoms with Crippen LogP contribution in [0.4, 0.5) is 0 Å². The molecule has 0 radical (unpaired) electrons. The molecule has 5 nitrogen and oxygen atoms in total. The zero-order chi connectivity index (χ0) is 17.0. The number of ketones is 1. The van der Waals surface area contributed by atoms with Crippen molar-refractivity contribution in [3.05, 3.63) is 58.6 Å². The average molecular weight is 332 g/mol. The quantitative estimate of drug-likeness (QED) is 0.690. The molecule has 0 atom stereocenters. The Hall–Kier alpha value is -2.27. The van der Waals surface area contributed by atoms with Crippen molar-refractivity contribution >= 4 is 23.3 Å². The summed E-state index contributed by atoms with van der Waals surface area (Å²) < 4.78 is 0. The van der Waals surface area contributed by atoms with Crippen molar-refractivity contribution in [3.63, 3.8) is 0 Å². The lowest BCUT2D eigenvalue weighted by Crippen LogP contribution is -2.41. The molecule has 0 aromatic carbocycles. The number of nitrogens with zero attached hydrogens (tertiary/aromatic N) is 2. The third-order valence-electron chi connectivity index (χ3n) is 3.04. The van der Waals surface area contributed by atoms with Crippen LogP contribution in [0.15, 0.2) is 36.8 Å². The molecule has 0 aliphatic rings. The minimum Gasteiger partial charge on any atom is -0.347 e. The fourth-order valence-corrected chi connectivity index (χ4v) is 2.21. The lowest BCUT2D eigenvalue weighted by molar-refractivity contribution is 0.0918. The van der Waals surface area contributed by atoms with Crippen LogP contribution in [-0.2, 0) is 6.42 Å². The first-order chi connectivity index (χ1) is 10.8. The third kappa shape index (κ3) is 4.86. The third-order valence-corrected chi connectivity index (χ3v) is 3.25. The van der Waals surface area contributed by atoms with Crippen molar-refractivity contribution in [2.45, 2.75) is 32.7 Å². The van der Waals surface area contributed by atoms with Gasteiger partial charge in [0.05, 0.1) is 5.56 Å². The lowest BCUT2D eigenvalue weighted by Gasteiger charge is -2.21. The minimum atomic E-state index is -0.368. The Morgan fingerprint density at radius 3 is 2.61 bits per heavy atom. The van der Waals surface area contributed by atoms with Gasteiger partial charge in [0.2, 0.25) is 0 Å². The molecule has 0 aliphatic carbocycles. The summed E-state index contributed by atoms with van der Waals surface area (Å²) in [5.41, 5.74) is 1.12. The van der Waals surface area contributed by atoms with Gasteiger partial charge in [0.25, 0.3) is 5.91 Å². The molecule has 0 fully saturated rings. The van der Waals surface area contributed by atoms with Crippen molar-refractivity contribution in [2.24, 2.45) is 0 Å². The highest BCUT2D eigenvalue weighted by molar-refractivity contribution is 6.29. The average Bonchev–Trinajstić information content (AvgIpc) is 2.46. The van der Waals surface area contributed by atoms with E-state index in [0.717, 1.165) is 0 Å². The van der Waals surface area contributed by atoms with Crippen molar-refractivity contribution in [1.29, 1.82) is 0 Å². The van der Waals surface area contributed by atoms with Gasteiger partial charge in [-0.25, -0.2) is 4.98 Å². The van der Waals surface area contributed by atoms with E-state index in [4.69, 9.17) is 11.6 Å². The standard InChI is InChI=1S/C17H18ClN3O2/c1-17(2,3)21-16(23)13-10-19-6-4-11(13)8-14(22)12-5-7-20-15(18)9-12/h4-7,9-10H,8H2,1-3H3,(H,21,23). The fourth-order valence-electron chi connectivity index (χ4n) is 2.04. The van der Waals surface area contributed by atoms with Crippen LogP contribution in [0.3, 0.4) is 0 Å². The zero-order valence-electron chi connectivity index (χ0n) is 13.3. The molecule has 6 heteroatoms. The summed E-state index contributed by atoms with van der Waals surface area (Å²) in [5.74, 6) is -0.383. The first-order valence-electron chi connectivity index (χ1n) is 7.16. The molecule has 2 heterocycles. The largest absolute Gasteiger partial charge is 0.347 e. The molecular weight excluding hydrogens is 314 g/mol. The Bertz CT molecular complexity index is 739. The molecule has 0 spiro atoms. The number of aromatic nitrogens is 2. The summed E-state index contributed by atoms with van der Waals surface area (Å²) in [6, 6.07) is 4.79. The van der Waals surface area contributed by atoms with Crippen LogP contribution in [0.25, 0.3) is 0 Å². The Morgan fingerprint density at radius 1 is 1.22 bits per heavy atom. The summed E-state index contributed by atoms with van der Waals surface area (Å²) in [6.45, 7) is 5.68. The molecule has 2 aromatic heterocycles. The van der Waals surface area contributed by atoms with Crippen LogP contribution < -0.4 is 5.32 Å². The molecule has 0 unspecified atom stereocenters. The Morgan fingerprint density at radius 2 is 1.96 bits per heavy atom. The van der Waals surface area contributed by atoms with E-state index in [2.05, 4.69) is 15.3 Å². The van der Waals surface area contributed by atoms with Gasteiger partial charge in [0.1, 0.15) is 5.15 Å². The van der Waals surface area contributed by atoms with Crippen molar-refractivity contribution < 1.29 is 9.59 Å². The van der Waals surface area contributed by atoms with Crippen molar-refractivity contribution in [2.75, 3.05) is 0 Å². The number of rotatable bonds is 4. The van der Waals surface area contributed by atoms with Gasteiger partial charge in [-0.15, -0.1) is 0 Å². The molecule has 0 saturated carbocycles. The van der Waals surface area contributed by atoms with Crippen LogP contribution in [0.5, 0.6) is 0 Å². The second kappa shape index (κ2) is 6.87. The number of amides is 1. The van der Waals surface area contributed by atoms with Crippen LogP contribution in [0.1, 0.15) is 47.1 Å². The Labute approximate surface area is 140 Å². The molecule has 23 heavy (non-hydrogen) atoms. The van der Waals surface area contributed by atoms with Crippen LogP contribution in [0.2, 0.25) is 5.15 Å². The van der Waals surface area contributed by atoms with Gasteiger partial charge < -0.3 is 5.32 Å². The summed E-state index contributed by atoms with van der Waals surface area (Å²) >= 11 is 5.81. The van der Waals surface area contributed by atoms with Gasteiger partial charge in [0.15, 0.2) is 5.78 Å². The second-order valence-corrected chi connectivity index (χ2v) is 6.59. The molecule has 0 bridgehead atoms. The molecule has 1 N–H and O–H groups in total. The number of hydrogen-bond acceptors (Lipinski definition) is 4. The maximum atomic E-state index is 12.4. The molecule has 0 saturated heterocycles. The first kappa shape index (κ1) is 17.1. The van der Waals surface area contributed by atoms with E-state index in [1.54, 1.807) is 18.3 Å². The topological polar surface area (TPSA) is 72.0 Å². The number of halogens is 1. The molecule has 1 amide bonds.